The third-order valence-electron chi connectivity index (χ3n) is 8.48. The first kappa shape index (κ1) is 45.4. The van der Waals surface area contributed by atoms with Crippen molar-refractivity contribution in [2.75, 3.05) is 0 Å². The summed E-state index contributed by atoms with van der Waals surface area (Å²) < 4.78 is 5.28. The van der Waals surface area contributed by atoms with E-state index in [1.807, 2.05) is 12.2 Å². The minimum absolute atomic E-state index is 0.213. The lowest BCUT2D eigenvalue weighted by molar-refractivity contribution is -0.164. The van der Waals surface area contributed by atoms with Crippen LogP contribution in [0.4, 0.5) is 0 Å². The Balaban J connectivity index is 3.70. The smallest absolute Gasteiger partial charge is 0.345 e. The molecule has 274 valence electrons. The minimum Gasteiger partial charge on any atom is -0.479 e. The lowest BCUT2D eigenvalue weighted by atomic mass is 10.0. The molecule has 0 bridgehead atoms. The predicted molar refractivity (Wildman–Crippen MR) is 208 cm³/mol. The number of carbonyl (C=O) groups is 2. The number of hydrogen-bond acceptors (Lipinski definition) is 3. The van der Waals surface area contributed by atoms with Crippen LogP contribution in [0.2, 0.25) is 0 Å². The first-order chi connectivity index (χ1) is 23.6. The largest absolute Gasteiger partial charge is 0.479 e. The molecule has 0 aromatic carbocycles. The second-order valence-corrected chi connectivity index (χ2v) is 13.1. The first-order valence-corrected chi connectivity index (χ1v) is 19.9. The maximum atomic E-state index is 12.2. The topological polar surface area (TPSA) is 63.6 Å². The fourth-order valence-corrected chi connectivity index (χ4v) is 5.52. The van der Waals surface area contributed by atoms with E-state index < -0.39 is 18.0 Å². The molecule has 0 saturated carbocycles. The van der Waals surface area contributed by atoms with Gasteiger partial charge in [-0.25, -0.2) is 4.79 Å². The number of esters is 1. The van der Waals surface area contributed by atoms with Gasteiger partial charge in [-0.2, -0.15) is 0 Å². The molecular weight excluding hydrogens is 592 g/mol. The molecule has 0 rings (SSSR count). The molecule has 0 spiro atoms. The second-order valence-electron chi connectivity index (χ2n) is 13.1. The van der Waals surface area contributed by atoms with Gasteiger partial charge in [-0.15, -0.1) is 0 Å². The Hall–Kier alpha value is -2.62. The molecule has 0 saturated heterocycles. The summed E-state index contributed by atoms with van der Waals surface area (Å²) in [7, 11) is 0. The molecule has 4 nitrogen and oxygen atoms in total. The van der Waals surface area contributed by atoms with Gasteiger partial charge >= 0.3 is 11.9 Å². The zero-order valence-corrected chi connectivity index (χ0v) is 31.3. The minimum atomic E-state index is -1.04. The fourth-order valence-electron chi connectivity index (χ4n) is 5.52. The Morgan fingerprint density at radius 3 is 1.17 bits per heavy atom. The van der Waals surface area contributed by atoms with Crippen molar-refractivity contribution in [3.8, 4) is 0 Å². The summed E-state index contributed by atoms with van der Waals surface area (Å²) in [6.45, 7) is 4.43. The first-order valence-electron chi connectivity index (χ1n) is 19.9. The summed E-state index contributed by atoms with van der Waals surface area (Å²) in [5, 5.41) is 9.49. The Morgan fingerprint density at radius 1 is 0.479 bits per heavy atom. The number of carbonyl (C=O) groups excluding carboxylic acids is 1. The van der Waals surface area contributed by atoms with Crippen LogP contribution in [0.15, 0.2) is 72.9 Å². The van der Waals surface area contributed by atoms with Crippen LogP contribution >= 0.6 is 0 Å². The van der Waals surface area contributed by atoms with Crippen LogP contribution in [-0.4, -0.2) is 23.1 Å². The van der Waals surface area contributed by atoms with Crippen LogP contribution < -0.4 is 0 Å². The Kier molecular flexibility index (Phi) is 36.7. The summed E-state index contributed by atoms with van der Waals surface area (Å²) in [6.07, 6.45) is 55.2. The van der Waals surface area contributed by atoms with Crippen LogP contribution in [0, 0.1) is 0 Å². The highest BCUT2D eigenvalue weighted by Gasteiger charge is 2.21. The van der Waals surface area contributed by atoms with Crippen LogP contribution in [0.1, 0.15) is 187 Å². The molecule has 0 fully saturated rings. The van der Waals surface area contributed by atoms with Gasteiger partial charge in [0, 0.05) is 6.42 Å². The van der Waals surface area contributed by atoms with Gasteiger partial charge < -0.3 is 9.84 Å². The molecule has 1 N–H and O–H groups in total. The number of rotatable bonds is 35. The Labute approximate surface area is 297 Å². The zero-order chi connectivity index (χ0) is 35.0. The highest BCUT2D eigenvalue weighted by molar-refractivity contribution is 5.78. The summed E-state index contributed by atoms with van der Waals surface area (Å²) >= 11 is 0. The van der Waals surface area contributed by atoms with Crippen LogP contribution in [0.5, 0.6) is 0 Å². The predicted octanol–water partition coefficient (Wildman–Crippen LogP) is 13.9. The van der Waals surface area contributed by atoms with Crippen molar-refractivity contribution in [2.45, 2.75) is 193 Å². The standard InChI is InChI=1S/C44H74O4/c1-3-5-7-9-11-13-15-17-19-21-23-25-27-29-31-33-35-37-39-41-43(45)48-42(44(46)47)40-38-36-34-32-30-28-26-24-22-20-18-16-14-12-10-8-6-4-2/h5,7,11,13,17,19,23,25,29,31,35,37,42H,3-4,6,8-10,12,14-16,18,20-22,24,26-28,30,32-34,36,38-41H2,1-2H3,(H,46,47)/b7-5-,13-11-,19-17-,25-23-,31-29-,37-35-. The van der Waals surface area contributed by atoms with Crippen molar-refractivity contribution < 1.29 is 19.4 Å². The van der Waals surface area contributed by atoms with Gasteiger partial charge in [-0.1, -0.05) is 196 Å². The molecule has 0 amide bonds. The number of hydrogen-bond donors (Lipinski definition) is 1. The molecule has 0 aliphatic heterocycles. The number of carboxylic acids is 1. The highest BCUT2D eigenvalue weighted by Crippen LogP contribution is 2.16. The maximum absolute atomic E-state index is 12.2. The molecule has 0 aromatic heterocycles. The van der Waals surface area contributed by atoms with Gasteiger partial charge in [0.15, 0.2) is 6.10 Å². The lowest BCUT2D eigenvalue weighted by Gasteiger charge is -2.13. The van der Waals surface area contributed by atoms with E-state index in [0.29, 0.717) is 12.8 Å². The van der Waals surface area contributed by atoms with E-state index in [1.54, 1.807) is 0 Å². The SMILES string of the molecule is CC/C=C\C/C=C\C/C=C\C/C=C\C/C=C\C/C=C\CCC(=O)OC(CCCCCCCCCCCCCCCCCCCC)C(=O)O. The van der Waals surface area contributed by atoms with Crippen molar-refractivity contribution in [2.24, 2.45) is 0 Å². The molecule has 0 aliphatic rings. The molecule has 0 aliphatic carbocycles. The molecule has 4 heteroatoms. The third-order valence-corrected chi connectivity index (χ3v) is 8.48. The van der Waals surface area contributed by atoms with Crippen LogP contribution in [0.25, 0.3) is 0 Å². The van der Waals surface area contributed by atoms with Crippen LogP contribution in [0.3, 0.4) is 0 Å². The fraction of sp³-hybridized carbons (Fsp3) is 0.682. The average Bonchev–Trinajstić information content (AvgIpc) is 3.08. The molecule has 0 aromatic rings. The van der Waals surface area contributed by atoms with Gasteiger partial charge in [-0.05, 0) is 57.8 Å². The third kappa shape index (κ3) is 36.2. The number of ether oxygens (including phenoxy) is 1. The normalized spacial score (nSPS) is 13.0. The second kappa shape index (κ2) is 38.8. The van der Waals surface area contributed by atoms with E-state index in [-0.39, 0.29) is 6.42 Å². The van der Waals surface area contributed by atoms with Crippen LogP contribution in [-0.2, 0) is 14.3 Å². The quantitative estimate of drug-likeness (QED) is 0.0415. The van der Waals surface area contributed by atoms with Gasteiger partial charge in [0.05, 0.1) is 0 Å². The molecule has 48 heavy (non-hydrogen) atoms. The van der Waals surface area contributed by atoms with Gasteiger partial charge in [0.2, 0.25) is 0 Å². The van der Waals surface area contributed by atoms with E-state index in [0.717, 1.165) is 57.8 Å². The highest BCUT2D eigenvalue weighted by atomic mass is 16.6. The number of carboxylic acid groups (broad SMARTS) is 1. The average molecular weight is 667 g/mol. The van der Waals surface area contributed by atoms with Gasteiger partial charge in [-0.3, -0.25) is 4.79 Å². The summed E-state index contributed by atoms with van der Waals surface area (Å²) in [5.74, 6) is -1.46. The number of unbranched alkanes of at least 4 members (excludes halogenated alkanes) is 17. The zero-order valence-electron chi connectivity index (χ0n) is 31.3. The van der Waals surface area contributed by atoms with Crippen molar-refractivity contribution >= 4 is 11.9 Å². The molecule has 1 unspecified atom stereocenters. The Bertz CT molecular complexity index is 892. The molecule has 1 atom stereocenters. The summed E-state index contributed by atoms with van der Waals surface area (Å²) in [4.78, 5) is 23.8. The summed E-state index contributed by atoms with van der Waals surface area (Å²) in [5.41, 5.74) is 0. The van der Waals surface area contributed by atoms with Crippen molar-refractivity contribution in [3.05, 3.63) is 72.9 Å². The van der Waals surface area contributed by atoms with Gasteiger partial charge in [0.25, 0.3) is 0 Å². The van der Waals surface area contributed by atoms with Crippen molar-refractivity contribution in [3.63, 3.8) is 0 Å². The van der Waals surface area contributed by atoms with Crippen molar-refractivity contribution in [1.29, 1.82) is 0 Å². The van der Waals surface area contributed by atoms with E-state index in [9.17, 15) is 14.7 Å². The number of aliphatic carboxylic acids is 1. The Morgan fingerprint density at radius 2 is 0.812 bits per heavy atom. The van der Waals surface area contributed by atoms with E-state index in [4.69, 9.17) is 4.74 Å². The van der Waals surface area contributed by atoms with E-state index in [2.05, 4.69) is 74.6 Å². The number of allylic oxidation sites excluding steroid dienone is 12. The molecule has 0 radical (unpaired) electrons. The maximum Gasteiger partial charge on any atom is 0.345 e. The van der Waals surface area contributed by atoms with Gasteiger partial charge in [0.1, 0.15) is 0 Å². The van der Waals surface area contributed by atoms with E-state index in [1.165, 1.54) is 96.3 Å². The molecular formula is C44H74O4. The monoisotopic (exact) mass is 667 g/mol. The van der Waals surface area contributed by atoms with Crippen molar-refractivity contribution in [1.82, 2.24) is 0 Å². The lowest BCUT2D eigenvalue weighted by Crippen LogP contribution is -2.26. The van der Waals surface area contributed by atoms with E-state index >= 15 is 0 Å². The summed E-state index contributed by atoms with van der Waals surface area (Å²) in [6, 6.07) is 0. The molecule has 0 heterocycles.